The van der Waals surface area contributed by atoms with E-state index >= 15 is 0 Å². The van der Waals surface area contributed by atoms with Crippen molar-refractivity contribution in [3.63, 3.8) is 0 Å². The maximum Gasteiger partial charge on any atom is 0.236 e. The first-order valence-electron chi connectivity index (χ1n) is 11.3. The van der Waals surface area contributed by atoms with Gasteiger partial charge in [-0.3, -0.25) is 4.79 Å². The maximum atomic E-state index is 13.3. The van der Waals surface area contributed by atoms with Crippen LogP contribution in [0.4, 0.5) is 0 Å². The van der Waals surface area contributed by atoms with E-state index in [-0.39, 0.29) is 11.9 Å². The molecule has 2 heterocycles. The second-order valence-corrected chi connectivity index (χ2v) is 9.49. The molecule has 0 radical (unpaired) electrons. The Morgan fingerprint density at radius 2 is 1.74 bits per heavy atom. The Hall–Kier alpha value is -1.59. The fourth-order valence-corrected chi connectivity index (χ4v) is 5.30. The molecule has 0 aliphatic carbocycles. The number of piperidine rings is 1. The van der Waals surface area contributed by atoms with E-state index in [4.69, 9.17) is 23.2 Å². The third kappa shape index (κ3) is 5.81. The van der Waals surface area contributed by atoms with Crippen molar-refractivity contribution < 1.29 is 4.79 Å². The molecule has 2 aliphatic rings. The van der Waals surface area contributed by atoms with Crippen molar-refractivity contribution in [1.29, 1.82) is 0 Å². The standard InChI is InChI=1S/C25H31Cl2N3O/c26-22-11-10-19(15-23(22)27)16-28-17-25(31)30-14-6-9-21(20-7-2-1-3-8-20)24(30)18-29-12-4-5-13-29/h1-3,7-8,10-11,15,21,24,28H,4-6,9,12-14,16-18H2/t21-,24+/m1/s1. The molecule has 1 amide bonds. The highest BCUT2D eigenvalue weighted by Gasteiger charge is 2.36. The molecule has 2 atom stereocenters. The van der Waals surface area contributed by atoms with Crippen LogP contribution in [0.1, 0.15) is 42.7 Å². The Morgan fingerprint density at radius 1 is 0.968 bits per heavy atom. The average molecular weight is 460 g/mol. The molecule has 4 rings (SSSR count). The molecule has 31 heavy (non-hydrogen) atoms. The first kappa shape index (κ1) is 22.6. The van der Waals surface area contributed by atoms with Gasteiger partial charge >= 0.3 is 0 Å². The van der Waals surface area contributed by atoms with Gasteiger partial charge in [0.05, 0.1) is 22.6 Å². The van der Waals surface area contributed by atoms with Crippen LogP contribution in [-0.2, 0) is 11.3 Å². The summed E-state index contributed by atoms with van der Waals surface area (Å²) < 4.78 is 0. The fourth-order valence-electron chi connectivity index (χ4n) is 4.98. The maximum absolute atomic E-state index is 13.3. The minimum atomic E-state index is 0.185. The Labute approximate surface area is 195 Å². The van der Waals surface area contributed by atoms with E-state index < -0.39 is 0 Å². The number of rotatable bonds is 7. The number of halogens is 2. The summed E-state index contributed by atoms with van der Waals surface area (Å²) in [5.41, 5.74) is 2.38. The number of carbonyl (C=O) groups excluding carboxylic acids is 1. The molecule has 0 saturated carbocycles. The van der Waals surface area contributed by atoms with Crippen molar-refractivity contribution in [3.8, 4) is 0 Å². The fraction of sp³-hybridized carbons (Fsp3) is 0.480. The molecular weight excluding hydrogens is 429 g/mol. The number of hydrogen-bond donors (Lipinski definition) is 1. The number of hydrogen-bond acceptors (Lipinski definition) is 3. The summed E-state index contributed by atoms with van der Waals surface area (Å²) in [4.78, 5) is 17.9. The van der Waals surface area contributed by atoms with Crippen LogP contribution in [0.25, 0.3) is 0 Å². The highest BCUT2D eigenvalue weighted by molar-refractivity contribution is 6.42. The Balaban J connectivity index is 1.43. The van der Waals surface area contributed by atoms with Gasteiger partial charge in [-0.2, -0.15) is 0 Å². The monoisotopic (exact) mass is 459 g/mol. The molecule has 4 nitrogen and oxygen atoms in total. The van der Waals surface area contributed by atoms with Crippen LogP contribution in [0.3, 0.4) is 0 Å². The highest BCUT2D eigenvalue weighted by atomic mass is 35.5. The predicted octanol–water partition coefficient (Wildman–Crippen LogP) is 4.95. The molecule has 6 heteroatoms. The molecule has 0 unspecified atom stereocenters. The van der Waals surface area contributed by atoms with Crippen LogP contribution in [-0.4, -0.2) is 54.5 Å². The summed E-state index contributed by atoms with van der Waals surface area (Å²) in [6.07, 6.45) is 4.72. The summed E-state index contributed by atoms with van der Waals surface area (Å²) in [6.45, 7) is 5.03. The summed E-state index contributed by atoms with van der Waals surface area (Å²) in [6, 6.07) is 16.5. The molecule has 2 aromatic carbocycles. The van der Waals surface area contributed by atoms with Crippen molar-refractivity contribution in [2.45, 2.75) is 44.2 Å². The number of carbonyl (C=O) groups is 1. The van der Waals surface area contributed by atoms with Gasteiger partial charge in [0.1, 0.15) is 0 Å². The lowest BCUT2D eigenvalue weighted by Gasteiger charge is -2.43. The molecule has 2 aliphatic heterocycles. The Morgan fingerprint density at radius 3 is 2.48 bits per heavy atom. The normalized spacial score (nSPS) is 22.1. The number of likely N-dealkylation sites (tertiary alicyclic amines) is 2. The van der Waals surface area contributed by atoms with E-state index in [1.165, 1.54) is 18.4 Å². The van der Waals surface area contributed by atoms with E-state index in [2.05, 4.69) is 45.4 Å². The van der Waals surface area contributed by atoms with E-state index in [1.807, 2.05) is 12.1 Å². The zero-order chi connectivity index (χ0) is 21.6. The second kappa shape index (κ2) is 10.8. The Bertz CT molecular complexity index is 870. The van der Waals surface area contributed by atoms with Crippen LogP contribution in [0.15, 0.2) is 48.5 Å². The Kier molecular flexibility index (Phi) is 7.89. The lowest BCUT2D eigenvalue weighted by molar-refractivity contribution is -0.135. The molecular formula is C25H31Cl2N3O. The third-order valence-electron chi connectivity index (χ3n) is 6.56. The summed E-state index contributed by atoms with van der Waals surface area (Å²) in [5.74, 6) is 0.583. The number of nitrogens with one attached hydrogen (secondary N) is 1. The molecule has 2 saturated heterocycles. The zero-order valence-corrected chi connectivity index (χ0v) is 19.4. The second-order valence-electron chi connectivity index (χ2n) is 8.67. The topological polar surface area (TPSA) is 35.6 Å². The SMILES string of the molecule is O=C(CNCc1ccc(Cl)c(Cl)c1)N1CCC[C@H](c2ccccc2)[C@@H]1CN1CCCC1. The zero-order valence-electron chi connectivity index (χ0n) is 17.9. The van der Waals surface area contributed by atoms with E-state index in [0.717, 1.165) is 44.6 Å². The minimum absolute atomic E-state index is 0.185. The van der Waals surface area contributed by atoms with E-state index in [9.17, 15) is 4.79 Å². The van der Waals surface area contributed by atoms with Gasteiger partial charge in [-0.15, -0.1) is 0 Å². The van der Waals surface area contributed by atoms with Gasteiger partial charge in [0.2, 0.25) is 5.91 Å². The average Bonchev–Trinajstić information content (AvgIpc) is 3.30. The van der Waals surface area contributed by atoms with Crippen LogP contribution >= 0.6 is 23.2 Å². The third-order valence-corrected chi connectivity index (χ3v) is 7.30. The molecule has 0 aromatic heterocycles. The van der Waals surface area contributed by atoms with Crippen molar-refractivity contribution in [2.75, 3.05) is 32.7 Å². The lowest BCUT2D eigenvalue weighted by Crippen LogP contribution is -2.54. The van der Waals surface area contributed by atoms with Gasteiger partial charge < -0.3 is 15.1 Å². The lowest BCUT2D eigenvalue weighted by atomic mass is 9.83. The largest absolute Gasteiger partial charge is 0.337 e. The molecule has 0 bridgehead atoms. The van der Waals surface area contributed by atoms with Crippen molar-refractivity contribution in [1.82, 2.24) is 15.1 Å². The summed E-state index contributed by atoms with van der Waals surface area (Å²) in [5, 5.41) is 4.40. The molecule has 166 valence electrons. The van der Waals surface area contributed by atoms with Crippen LogP contribution in [0.5, 0.6) is 0 Å². The molecule has 0 spiro atoms. The van der Waals surface area contributed by atoms with Crippen LogP contribution in [0, 0.1) is 0 Å². The minimum Gasteiger partial charge on any atom is -0.337 e. The number of benzene rings is 2. The smallest absolute Gasteiger partial charge is 0.236 e. The van der Waals surface area contributed by atoms with Gasteiger partial charge in [0.25, 0.3) is 0 Å². The van der Waals surface area contributed by atoms with Gasteiger partial charge in [-0.25, -0.2) is 0 Å². The highest BCUT2D eigenvalue weighted by Crippen LogP contribution is 2.34. The van der Waals surface area contributed by atoms with Crippen molar-refractivity contribution in [2.24, 2.45) is 0 Å². The predicted molar refractivity (Wildman–Crippen MR) is 128 cm³/mol. The first-order chi connectivity index (χ1) is 15.1. The number of amides is 1. The van der Waals surface area contributed by atoms with Gasteiger partial charge in [-0.05, 0) is 62.0 Å². The van der Waals surface area contributed by atoms with Crippen molar-refractivity contribution in [3.05, 3.63) is 69.7 Å². The van der Waals surface area contributed by atoms with Gasteiger partial charge in [0, 0.05) is 25.6 Å². The quantitative estimate of drug-likeness (QED) is 0.635. The number of nitrogens with zero attached hydrogens (tertiary/aromatic N) is 2. The molecule has 2 fully saturated rings. The van der Waals surface area contributed by atoms with Gasteiger partial charge in [0.15, 0.2) is 0 Å². The van der Waals surface area contributed by atoms with Gasteiger partial charge in [-0.1, -0.05) is 59.6 Å². The summed E-state index contributed by atoms with van der Waals surface area (Å²) >= 11 is 12.1. The van der Waals surface area contributed by atoms with Crippen LogP contribution in [0.2, 0.25) is 10.0 Å². The van der Waals surface area contributed by atoms with Crippen molar-refractivity contribution >= 4 is 29.1 Å². The summed E-state index contributed by atoms with van der Waals surface area (Å²) in [7, 11) is 0. The molecule has 1 N–H and O–H groups in total. The first-order valence-corrected chi connectivity index (χ1v) is 12.1. The molecule has 2 aromatic rings. The van der Waals surface area contributed by atoms with Crippen LogP contribution < -0.4 is 5.32 Å². The van der Waals surface area contributed by atoms with E-state index in [0.29, 0.717) is 29.1 Å². The van der Waals surface area contributed by atoms with E-state index in [1.54, 1.807) is 6.07 Å².